The zero-order valence-corrected chi connectivity index (χ0v) is 29.5. The van der Waals surface area contributed by atoms with E-state index in [0.717, 1.165) is 61.0 Å². The smallest absolute Gasteiger partial charge is 0.211 e. The van der Waals surface area contributed by atoms with Gasteiger partial charge in [0.1, 0.15) is 0 Å². The van der Waals surface area contributed by atoms with Crippen molar-refractivity contribution in [3.63, 3.8) is 0 Å². The Morgan fingerprint density at radius 3 is 1.44 bits per heavy atom. The molecule has 0 unspecified atom stereocenters. The lowest BCUT2D eigenvalue weighted by molar-refractivity contribution is 1.15. The van der Waals surface area contributed by atoms with Crippen molar-refractivity contribution >= 4 is 76.8 Å². The third-order valence-electron chi connectivity index (χ3n) is 11.1. The molecule has 11 aromatic rings. The Balaban J connectivity index is 1.17. The van der Waals surface area contributed by atoms with E-state index in [2.05, 4.69) is 157 Å². The summed E-state index contributed by atoms with van der Waals surface area (Å²) in [7, 11) is 0. The first-order valence-electron chi connectivity index (χ1n) is 18.3. The Labute approximate surface area is 316 Å². The topological polar surface area (TPSA) is 23.5 Å². The molecular formula is C50H29N5. The second kappa shape index (κ2) is 11.8. The molecule has 0 aliphatic carbocycles. The van der Waals surface area contributed by atoms with Crippen LogP contribution in [0.1, 0.15) is 0 Å². The molecule has 3 heterocycles. The highest BCUT2D eigenvalue weighted by atomic mass is 15.0. The second-order valence-electron chi connectivity index (χ2n) is 13.9. The predicted molar refractivity (Wildman–Crippen MR) is 227 cm³/mol. The van der Waals surface area contributed by atoms with Crippen molar-refractivity contribution in [1.82, 2.24) is 13.7 Å². The van der Waals surface area contributed by atoms with Gasteiger partial charge in [0.25, 0.3) is 0 Å². The van der Waals surface area contributed by atoms with Crippen molar-refractivity contribution in [2.75, 3.05) is 0 Å². The van der Waals surface area contributed by atoms with Crippen LogP contribution in [0.3, 0.4) is 0 Å². The highest BCUT2D eigenvalue weighted by Crippen LogP contribution is 2.43. The summed E-state index contributed by atoms with van der Waals surface area (Å²) in [6.45, 7) is 16.1. The lowest BCUT2D eigenvalue weighted by atomic mass is 10.0. The van der Waals surface area contributed by atoms with E-state index in [0.29, 0.717) is 11.4 Å². The number of rotatable bonds is 4. The van der Waals surface area contributed by atoms with Gasteiger partial charge in [-0.2, -0.15) is 0 Å². The minimum atomic E-state index is 0.548. The molecule has 3 aromatic heterocycles. The van der Waals surface area contributed by atoms with Crippen molar-refractivity contribution in [3.8, 4) is 28.2 Å². The standard InChI is InChI=1S/C50H29N5/c1-51-33-25-27-41-40-18-6-10-24-47(40)55(48(41)30-33)50-36(19-12-20-43(50)52-2)32-13-11-14-34(29-32)54-46-23-9-5-17-39(46)42-28-26-35(31-49(42)54)53-44-21-7-3-15-37(44)38-16-4-8-22-45(38)53/h3-31H. The van der Waals surface area contributed by atoms with Gasteiger partial charge in [0, 0.05) is 49.2 Å². The third-order valence-corrected chi connectivity index (χ3v) is 11.1. The van der Waals surface area contributed by atoms with Gasteiger partial charge in [-0.3, -0.25) is 0 Å². The molecule has 8 aromatic carbocycles. The van der Waals surface area contributed by atoms with Crippen molar-refractivity contribution < 1.29 is 0 Å². The van der Waals surface area contributed by atoms with Gasteiger partial charge in [0.15, 0.2) is 5.69 Å². The number of para-hydroxylation sites is 5. The van der Waals surface area contributed by atoms with Crippen LogP contribution in [0.2, 0.25) is 0 Å². The number of fused-ring (bicyclic) bond motifs is 9. The van der Waals surface area contributed by atoms with Gasteiger partial charge in [-0.1, -0.05) is 121 Å². The zero-order valence-electron chi connectivity index (χ0n) is 29.5. The number of hydrogen-bond donors (Lipinski definition) is 0. The molecule has 0 spiro atoms. The molecule has 0 amide bonds. The molecule has 0 aliphatic heterocycles. The quantitative estimate of drug-likeness (QED) is 0.163. The van der Waals surface area contributed by atoms with Crippen LogP contribution in [0, 0.1) is 13.1 Å². The fourth-order valence-corrected chi connectivity index (χ4v) is 8.75. The van der Waals surface area contributed by atoms with Gasteiger partial charge >= 0.3 is 0 Å². The van der Waals surface area contributed by atoms with E-state index in [4.69, 9.17) is 13.1 Å². The van der Waals surface area contributed by atoms with Gasteiger partial charge in [0.05, 0.1) is 46.4 Å². The molecule has 0 N–H and O–H groups in total. The molecule has 0 atom stereocenters. The summed E-state index contributed by atoms with van der Waals surface area (Å²) in [6, 6.07) is 61.4. The molecular weight excluding hydrogens is 671 g/mol. The zero-order chi connectivity index (χ0) is 36.6. The lowest BCUT2D eigenvalue weighted by Gasteiger charge is -2.17. The molecule has 254 valence electrons. The minimum Gasteiger partial charge on any atom is -0.320 e. The van der Waals surface area contributed by atoms with Crippen LogP contribution in [0.5, 0.6) is 0 Å². The normalized spacial score (nSPS) is 11.6. The molecule has 0 saturated carbocycles. The molecule has 11 rings (SSSR count). The van der Waals surface area contributed by atoms with Gasteiger partial charge in [0.2, 0.25) is 5.69 Å². The van der Waals surface area contributed by atoms with E-state index in [9.17, 15) is 0 Å². The number of hydrogen-bond acceptors (Lipinski definition) is 0. The van der Waals surface area contributed by atoms with Gasteiger partial charge < -0.3 is 13.7 Å². The van der Waals surface area contributed by atoms with E-state index in [-0.39, 0.29) is 0 Å². The highest BCUT2D eigenvalue weighted by Gasteiger charge is 2.21. The van der Waals surface area contributed by atoms with Crippen molar-refractivity contribution in [3.05, 3.63) is 199 Å². The average Bonchev–Trinajstić information content (AvgIpc) is 3.88. The van der Waals surface area contributed by atoms with Gasteiger partial charge in [-0.15, -0.1) is 0 Å². The van der Waals surface area contributed by atoms with Crippen LogP contribution in [0.25, 0.3) is 103 Å². The molecule has 55 heavy (non-hydrogen) atoms. The maximum atomic E-state index is 8.31. The maximum Gasteiger partial charge on any atom is 0.211 e. The van der Waals surface area contributed by atoms with Gasteiger partial charge in [-0.25, -0.2) is 9.69 Å². The number of nitrogens with zero attached hydrogens (tertiary/aromatic N) is 5. The first kappa shape index (κ1) is 30.7. The van der Waals surface area contributed by atoms with Crippen molar-refractivity contribution in [2.24, 2.45) is 0 Å². The van der Waals surface area contributed by atoms with E-state index >= 15 is 0 Å². The Morgan fingerprint density at radius 1 is 0.345 bits per heavy atom. The maximum absolute atomic E-state index is 8.31. The van der Waals surface area contributed by atoms with Crippen LogP contribution in [-0.4, -0.2) is 13.7 Å². The fourth-order valence-electron chi connectivity index (χ4n) is 8.75. The summed E-state index contributed by atoms with van der Waals surface area (Å²) in [4.78, 5) is 7.82. The molecule has 0 bridgehead atoms. The molecule has 5 nitrogen and oxygen atoms in total. The molecule has 5 heteroatoms. The predicted octanol–water partition coefficient (Wildman–Crippen LogP) is 13.7. The van der Waals surface area contributed by atoms with Crippen LogP contribution >= 0.6 is 0 Å². The summed E-state index contributed by atoms with van der Waals surface area (Å²) >= 11 is 0. The summed E-state index contributed by atoms with van der Waals surface area (Å²) in [6.07, 6.45) is 0. The summed E-state index contributed by atoms with van der Waals surface area (Å²) in [5.41, 5.74) is 12.5. The van der Waals surface area contributed by atoms with Crippen molar-refractivity contribution in [1.29, 1.82) is 0 Å². The van der Waals surface area contributed by atoms with Crippen molar-refractivity contribution in [2.45, 2.75) is 0 Å². The minimum absolute atomic E-state index is 0.548. The summed E-state index contributed by atoms with van der Waals surface area (Å²) < 4.78 is 6.91. The SMILES string of the molecule is [C-]#[N+]c1ccc2c3ccccc3n(-c3c([N+]#[C-])cccc3-c3cccc(-n4c5ccccc5c5ccc(-n6c7ccccc7c7ccccc76)cc54)c3)c2c1. The summed E-state index contributed by atoms with van der Waals surface area (Å²) in [5.74, 6) is 0. The second-order valence-corrected chi connectivity index (χ2v) is 13.9. The molecule has 0 saturated heterocycles. The van der Waals surface area contributed by atoms with E-state index < -0.39 is 0 Å². The van der Waals surface area contributed by atoms with Crippen LogP contribution in [0.4, 0.5) is 11.4 Å². The lowest BCUT2D eigenvalue weighted by Crippen LogP contribution is -1.99. The third kappa shape index (κ3) is 4.45. The van der Waals surface area contributed by atoms with E-state index in [1.807, 2.05) is 42.5 Å². The first-order chi connectivity index (χ1) is 27.2. The average molecular weight is 700 g/mol. The number of aromatic nitrogens is 3. The molecule has 0 fully saturated rings. The number of benzene rings is 8. The summed E-state index contributed by atoms with van der Waals surface area (Å²) in [5, 5.41) is 6.97. The van der Waals surface area contributed by atoms with E-state index in [1.165, 1.54) is 32.6 Å². The highest BCUT2D eigenvalue weighted by molar-refractivity contribution is 6.13. The molecule has 0 aliphatic rings. The Bertz CT molecular complexity index is 3420. The van der Waals surface area contributed by atoms with Crippen LogP contribution < -0.4 is 0 Å². The Hall–Kier alpha value is -7.86. The first-order valence-corrected chi connectivity index (χ1v) is 18.3. The van der Waals surface area contributed by atoms with Crippen LogP contribution in [0.15, 0.2) is 176 Å². The monoisotopic (exact) mass is 699 g/mol. The van der Waals surface area contributed by atoms with E-state index in [1.54, 1.807) is 0 Å². The molecule has 0 radical (unpaired) electrons. The largest absolute Gasteiger partial charge is 0.320 e. The Morgan fingerprint density at radius 2 is 0.836 bits per heavy atom. The van der Waals surface area contributed by atoms with Crippen LogP contribution in [-0.2, 0) is 0 Å². The Kier molecular flexibility index (Phi) is 6.61. The fraction of sp³-hybridized carbons (Fsp3) is 0. The van der Waals surface area contributed by atoms with Gasteiger partial charge in [-0.05, 0) is 65.7 Å².